The molecule has 3 aliphatic rings. The number of methoxy groups -OCH3 is 1. The highest BCUT2D eigenvalue weighted by molar-refractivity contribution is 5.00. The molecule has 1 saturated heterocycles. The molecule has 2 saturated carbocycles. The summed E-state index contributed by atoms with van der Waals surface area (Å²) in [4.78, 5) is 5.02. The van der Waals surface area contributed by atoms with Gasteiger partial charge in [-0.1, -0.05) is 0 Å². The zero-order valence-electron chi connectivity index (χ0n) is 13.0. The molecule has 2 aliphatic carbocycles. The van der Waals surface area contributed by atoms with Gasteiger partial charge in [0.2, 0.25) is 0 Å². The first-order valence-electron chi connectivity index (χ1n) is 8.17. The van der Waals surface area contributed by atoms with E-state index in [1.54, 1.807) is 7.11 Å². The van der Waals surface area contributed by atoms with Gasteiger partial charge in [-0.05, 0) is 50.5 Å². The Morgan fingerprint density at radius 1 is 1.10 bits per heavy atom. The zero-order chi connectivity index (χ0) is 14.2. The van der Waals surface area contributed by atoms with E-state index < -0.39 is 5.67 Å². The number of likely N-dealkylation sites (N-methyl/N-ethyl adjacent to an activating group) is 1. The topological polar surface area (TPSA) is 15.7 Å². The van der Waals surface area contributed by atoms with Crippen molar-refractivity contribution in [3.8, 4) is 0 Å². The van der Waals surface area contributed by atoms with Crippen LogP contribution in [0.25, 0.3) is 0 Å². The highest BCUT2D eigenvalue weighted by Gasteiger charge is 2.50. The number of ether oxygens (including phenoxy) is 1. The third-order valence-corrected chi connectivity index (χ3v) is 5.71. The monoisotopic (exact) mass is 284 g/mol. The number of hydrogen-bond acceptors (Lipinski definition) is 3. The van der Waals surface area contributed by atoms with E-state index in [0.29, 0.717) is 18.4 Å². The minimum absolute atomic E-state index is 0.295. The summed E-state index contributed by atoms with van der Waals surface area (Å²) >= 11 is 0. The summed E-state index contributed by atoms with van der Waals surface area (Å²) in [5, 5.41) is 0. The summed E-state index contributed by atoms with van der Waals surface area (Å²) in [6.45, 7) is 6.34. The molecule has 0 spiro atoms. The SMILES string of the molecule is COCC1(F)CC2CC(CN3CCN(C)CC3)CC2C1. The van der Waals surface area contributed by atoms with Crippen molar-refractivity contribution in [3.05, 3.63) is 0 Å². The van der Waals surface area contributed by atoms with Gasteiger partial charge in [0.15, 0.2) is 0 Å². The van der Waals surface area contributed by atoms with E-state index in [9.17, 15) is 4.39 Å². The van der Waals surface area contributed by atoms with Crippen LogP contribution in [-0.2, 0) is 4.74 Å². The molecule has 20 heavy (non-hydrogen) atoms. The van der Waals surface area contributed by atoms with Crippen LogP contribution >= 0.6 is 0 Å². The highest BCUT2D eigenvalue weighted by atomic mass is 19.1. The summed E-state index contributed by atoms with van der Waals surface area (Å²) < 4.78 is 19.6. The van der Waals surface area contributed by atoms with Crippen molar-refractivity contribution in [2.45, 2.75) is 31.4 Å². The maximum Gasteiger partial charge on any atom is 0.134 e. The Balaban J connectivity index is 1.46. The Morgan fingerprint density at radius 2 is 1.70 bits per heavy atom. The van der Waals surface area contributed by atoms with Gasteiger partial charge in [-0.25, -0.2) is 4.39 Å². The number of fused-ring (bicyclic) bond motifs is 1. The van der Waals surface area contributed by atoms with Crippen molar-refractivity contribution in [2.24, 2.45) is 17.8 Å². The summed E-state index contributed by atoms with van der Waals surface area (Å²) in [7, 11) is 3.82. The second-order valence-electron chi connectivity index (χ2n) is 7.45. The van der Waals surface area contributed by atoms with E-state index in [4.69, 9.17) is 4.74 Å². The van der Waals surface area contributed by atoms with Crippen molar-refractivity contribution < 1.29 is 9.13 Å². The van der Waals surface area contributed by atoms with Gasteiger partial charge in [-0.15, -0.1) is 0 Å². The quantitative estimate of drug-likeness (QED) is 0.785. The molecular formula is C16H29FN2O. The van der Waals surface area contributed by atoms with E-state index in [2.05, 4.69) is 16.8 Å². The molecule has 3 fully saturated rings. The maximum atomic E-state index is 14.5. The van der Waals surface area contributed by atoms with E-state index in [1.165, 1.54) is 45.6 Å². The average Bonchev–Trinajstić information content (AvgIpc) is 2.86. The number of piperazine rings is 1. The van der Waals surface area contributed by atoms with Gasteiger partial charge in [0.05, 0.1) is 6.61 Å². The van der Waals surface area contributed by atoms with E-state index >= 15 is 0 Å². The van der Waals surface area contributed by atoms with Crippen LogP contribution < -0.4 is 0 Å². The molecule has 1 aliphatic heterocycles. The summed E-state index contributed by atoms with van der Waals surface area (Å²) in [5.41, 5.74) is -1.02. The third-order valence-electron chi connectivity index (χ3n) is 5.71. The molecule has 3 rings (SSSR count). The third kappa shape index (κ3) is 3.18. The number of halogens is 1. The Labute approximate surface area is 122 Å². The van der Waals surface area contributed by atoms with Crippen LogP contribution in [0.5, 0.6) is 0 Å². The lowest BCUT2D eigenvalue weighted by atomic mass is 9.96. The first-order valence-corrected chi connectivity index (χ1v) is 8.17. The second kappa shape index (κ2) is 5.90. The van der Waals surface area contributed by atoms with E-state index in [1.807, 2.05) is 0 Å². The minimum atomic E-state index is -1.02. The van der Waals surface area contributed by atoms with Gasteiger partial charge in [-0.3, -0.25) is 0 Å². The normalized spacial score (nSPS) is 43.0. The van der Waals surface area contributed by atoms with Crippen molar-refractivity contribution in [2.75, 3.05) is 53.5 Å². The van der Waals surface area contributed by atoms with Gasteiger partial charge in [0.1, 0.15) is 5.67 Å². The summed E-state index contributed by atoms with van der Waals surface area (Å²) in [6, 6.07) is 0. The molecule has 2 atom stereocenters. The fourth-order valence-corrected chi connectivity index (χ4v) is 4.78. The lowest BCUT2D eigenvalue weighted by Gasteiger charge is -2.34. The van der Waals surface area contributed by atoms with Crippen LogP contribution in [0.1, 0.15) is 25.7 Å². The lowest BCUT2D eigenvalue weighted by Crippen LogP contribution is -2.45. The highest BCUT2D eigenvalue weighted by Crippen LogP contribution is 2.52. The van der Waals surface area contributed by atoms with Crippen molar-refractivity contribution in [1.29, 1.82) is 0 Å². The van der Waals surface area contributed by atoms with Gasteiger partial charge in [-0.2, -0.15) is 0 Å². The molecule has 0 N–H and O–H groups in total. The van der Waals surface area contributed by atoms with Gasteiger partial charge < -0.3 is 14.5 Å². The van der Waals surface area contributed by atoms with Crippen LogP contribution in [0.3, 0.4) is 0 Å². The molecule has 2 unspecified atom stereocenters. The minimum Gasteiger partial charge on any atom is -0.381 e. The Morgan fingerprint density at radius 3 is 2.25 bits per heavy atom. The largest absolute Gasteiger partial charge is 0.381 e. The molecule has 4 heteroatoms. The molecule has 0 radical (unpaired) electrons. The molecule has 0 amide bonds. The Bertz CT molecular complexity index is 316. The van der Waals surface area contributed by atoms with E-state index in [-0.39, 0.29) is 0 Å². The van der Waals surface area contributed by atoms with Crippen molar-refractivity contribution in [3.63, 3.8) is 0 Å². The van der Waals surface area contributed by atoms with Gasteiger partial charge in [0, 0.05) is 39.8 Å². The molecule has 1 heterocycles. The van der Waals surface area contributed by atoms with Crippen LogP contribution in [0.2, 0.25) is 0 Å². The summed E-state index contributed by atoms with van der Waals surface area (Å²) in [6.07, 6.45) is 3.97. The Hall–Kier alpha value is -0.190. The zero-order valence-corrected chi connectivity index (χ0v) is 13.0. The number of nitrogens with zero attached hydrogens (tertiary/aromatic N) is 2. The number of rotatable bonds is 4. The standard InChI is InChI=1S/C16H29FN2O/c1-18-3-5-19(6-4-18)11-13-7-14-9-16(17,12-20-2)10-15(14)8-13/h13-15H,3-12H2,1-2H3. The molecule has 3 nitrogen and oxygen atoms in total. The summed E-state index contributed by atoms with van der Waals surface area (Å²) in [5.74, 6) is 2.04. The Kier molecular flexibility index (Phi) is 4.34. The van der Waals surface area contributed by atoms with Crippen LogP contribution in [-0.4, -0.2) is 69.0 Å². The number of hydrogen-bond donors (Lipinski definition) is 0. The molecular weight excluding hydrogens is 255 g/mol. The fraction of sp³-hybridized carbons (Fsp3) is 1.00. The lowest BCUT2D eigenvalue weighted by molar-refractivity contribution is 0.0375. The van der Waals surface area contributed by atoms with Crippen molar-refractivity contribution >= 4 is 0 Å². The molecule has 116 valence electrons. The van der Waals surface area contributed by atoms with Crippen molar-refractivity contribution in [1.82, 2.24) is 9.80 Å². The first kappa shape index (κ1) is 14.7. The van der Waals surface area contributed by atoms with Crippen LogP contribution in [0.4, 0.5) is 4.39 Å². The smallest absolute Gasteiger partial charge is 0.134 e. The molecule has 0 bridgehead atoms. The molecule has 0 aromatic rings. The van der Waals surface area contributed by atoms with Crippen LogP contribution in [0, 0.1) is 17.8 Å². The fourth-order valence-electron chi connectivity index (χ4n) is 4.78. The van der Waals surface area contributed by atoms with Crippen LogP contribution in [0.15, 0.2) is 0 Å². The predicted octanol–water partition coefficient (Wildman–Crippen LogP) is 2.02. The second-order valence-corrected chi connectivity index (χ2v) is 7.45. The maximum absolute atomic E-state index is 14.5. The predicted molar refractivity (Wildman–Crippen MR) is 78.6 cm³/mol. The van der Waals surface area contributed by atoms with E-state index in [0.717, 1.165) is 18.8 Å². The van der Waals surface area contributed by atoms with Gasteiger partial charge >= 0.3 is 0 Å². The van der Waals surface area contributed by atoms with Gasteiger partial charge in [0.25, 0.3) is 0 Å². The first-order chi connectivity index (χ1) is 9.58. The number of alkyl halides is 1. The molecule has 0 aromatic carbocycles. The molecule has 0 aromatic heterocycles. The average molecular weight is 284 g/mol.